The Kier molecular flexibility index (Phi) is 5.05. The fraction of sp³-hybridized carbons (Fsp3) is 0.667. The van der Waals surface area contributed by atoms with Crippen LogP contribution in [0.4, 0.5) is 0 Å². The Morgan fingerprint density at radius 3 is 2.89 bits per heavy atom. The molecule has 7 heteroatoms. The van der Waals surface area contributed by atoms with E-state index in [1.807, 2.05) is 14.0 Å². The number of piperidine rings is 1. The maximum Gasteiger partial charge on any atom is 0.244 e. The highest BCUT2D eigenvalue weighted by Gasteiger charge is 2.31. The molecule has 1 N–H and O–H groups in total. The van der Waals surface area contributed by atoms with Crippen molar-refractivity contribution in [2.24, 2.45) is 5.92 Å². The van der Waals surface area contributed by atoms with Gasteiger partial charge in [0.05, 0.1) is 8.68 Å². The second-order valence-electron chi connectivity index (χ2n) is 4.90. The van der Waals surface area contributed by atoms with E-state index in [1.54, 1.807) is 10.4 Å². The van der Waals surface area contributed by atoms with E-state index in [0.717, 1.165) is 28.0 Å². The summed E-state index contributed by atoms with van der Waals surface area (Å²) < 4.78 is 27.8. The van der Waals surface area contributed by atoms with Gasteiger partial charge in [0, 0.05) is 18.0 Å². The molecule has 0 aliphatic carbocycles. The summed E-state index contributed by atoms with van der Waals surface area (Å²) >= 11 is 4.83. The van der Waals surface area contributed by atoms with Gasteiger partial charge in [-0.3, -0.25) is 0 Å². The van der Waals surface area contributed by atoms with Crippen LogP contribution >= 0.6 is 27.3 Å². The molecule has 1 aliphatic heterocycles. The average Bonchev–Trinajstić information content (AvgIpc) is 2.70. The topological polar surface area (TPSA) is 49.4 Å². The quantitative estimate of drug-likeness (QED) is 0.889. The van der Waals surface area contributed by atoms with Crippen LogP contribution < -0.4 is 5.32 Å². The zero-order chi connectivity index (χ0) is 14.0. The average molecular weight is 367 g/mol. The number of rotatable bonds is 4. The number of nitrogens with one attached hydrogen (secondary N) is 1. The lowest BCUT2D eigenvalue weighted by molar-refractivity contribution is 0.263. The van der Waals surface area contributed by atoms with Crippen molar-refractivity contribution in [2.75, 3.05) is 26.7 Å². The minimum absolute atomic E-state index is 0.413. The summed E-state index contributed by atoms with van der Waals surface area (Å²) in [5.41, 5.74) is 0. The first kappa shape index (κ1) is 15.4. The summed E-state index contributed by atoms with van der Waals surface area (Å²) in [5.74, 6) is 0.413. The number of hydrogen-bond donors (Lipinski definition) is 1. The molecule has 2 heterocycles. The fourth-order valence-electron chi connectivity index (χ4n) is 2.53. The highest BCUT2D eigenvalue weighted by Crippen LogP contribution is 2.33. The molecule has 0 aromatic carbocycles. The zero-order valence-corrected chi connectivity index (χ0v) is 14.4. The second kappa shape index (κ2) is 6.22. The van der Waals surface area contributed by atoms with E-state index >= 15 is 0 Å². The Bertz CT molecular complexity index is 540. The van der Waals surface area contributed by atoms with Crippen LogP contribution in [-0.2, 0) is 10.0 Å². The summed E-state index contributed by atoms with van der Waals surface area (Å²) in [6.07, 6.45) is 2.04. The van der Waals surface area contributed by atoms with Gasteiger partial charge in [-0.05, 0) is 61.3 Å². The molecule has 1 aromatic heterocycles. The molecule has 1 aromatic rings. The molecule has 0 bridgehead atoms. The summed E-state index contributed by atoms with van der Waals surface area (Å²) in [7, 11) is -1.43. The number of nitrogens with zero attached hydrogens (tertiary/aromatic N) is 1. The molecule has 2 rings (SSSR count). The second-order valence-corrected chi connectivity index (χ2v) is 9.44. The highest BCUT2D eigenvalue weighted by atomic mass is 79.9. The molecule has 1 fully saturated rings. The first-order chi connectivity index (χ1) is 8.95. The van der Waals surface area contributed by atoms with Gasteiger partial charge in [-0.1, -0.05) is 0 Å². The van der Waals surface area contributed by atoms with Gasteiger partial charge in [0.25, 0.3) is 0 Å². The van der Waals surface area contributed by atoms with Crippen LogP contribution in [0.1, 0.15) is 17.7 Å². The van der Waals surface area contributed by atoms with Crippen LogP contribution in [-0.4, -0.2) is 39.4 Å². The predicted molar refractivity (Wildman–Crippen MR) is 82.2 cm³/mol. The van der Waals surface area contributed by atoms with Gasteiger partial charge in [-0.15, -0.1) is 11.3 Å². The molecule has 0 spiro atoms. The van der Waals surface area contributed by atoms with Gasteiger partial charge >= 0.3 is 0 Å². The van der Waals surface area contributed by atoms with E-state index in [2.05, 4.69) is 21.2 Å². The van der Waals surface area contributed by atoms with Crippen molar-refractivity contribution in [2.45, 2.75) is 24.7 Å². The van der Waals surface area contributed by atoms with Crippen LogP contribution in [0.2, 0.25) is 0 Å². The Morgan fingerprint density at radius 1 is 1.58 bits per heavy atom. The van der Waals surface area contributed by atoms with Crippen LogP contribution in [0.25, 0.3) is 0 Å². The minimum Gasteiger partial charge on any atom is -0.319 e. The van der Waals surface area contributed by atoms with Crippen LogP contribution in [0.15, 0.2) is 14.7 Å². The molecule has 0 radical (unpaired) electrons. The van der Waals surface area contributed by atoms with E-state index in [0.29, 0.717) is 23.9 Å². The molecule has 1 aliphatic rings. The van der Waals surface area contributed by atoms with Crippen LogP contribution in [0.3, 0.4) is 0 Å². The number of aryl methyl sites for hydroxylation is 1. The molecule has 4 nitrogen and oxygen atoms in total. The van der Waals surface area contributed by atoms with E-state index in [9.17, 15) is 8.42 Å². The molecule has 108 valence electrons. The van der Waals surface area contributed by atoms with Crippen LogP contribution in [0, 0.1) is 12.8 Å². The van der Waals surface area contributed by atoms with Crippen molar-refractivity contribution in [3.63, 3.8) is 0 Å². The van der Waals surface area contributed by atoms with Gasteiger partial charge < -0.3 is 5.32 Å². The van der Waals surface area contributed by atoms with Crippen molar-refractivity contribution >= 4 is 37.3 Å². The van der Waals surface area contributed by atoms with Crippen molar-refractivity contribution < 1.29 is 8.42 Å². The molecular formula is C12H19BrN2O2S2. The third-order valence-corrected chi connectivity index (χ3v) is 7.11. The Balaban J connectivity index is 2.22. The van der Waals surface area contributed by atoms with E-state index in [1.165, 1.54) is 11.3 Å². The predicted octanol–water partition coefficient (Wildman–Crippen LogP) is 2.44. The normalized spacial score (nSPS) is 21.7. The van der Waals surface area contributed by atoms with Crippen molar-refractivity contribution in [3.05, 3.63) is 14.7 Å². The molecule has 0 amide bonds. The number of sulfonamides is 1. The Labute approximate surface area is 127 Å². The van der Waals surface area contributed by atoms with Crippen molar-refractivity contribution in [1.82, 2.24) is 9.62 Å². The molecule has 1 saturated heterocycles. The molecule has 19 heavy (non-hydrogen) atoms. The molecular weight excluding hydrogens is 348 g/mol. The first-order valence-corrected chi connectivity index (χ1v) is 9.40. The standard InChI is InChI=1S/C12H19BrN2O2S2/c1-9-11(6-12(13)18-9)19(16,17)15-5-3-4-10(8-15)7-14-2/h6,10,14H,3-5,7-8H2,1-2H3/t10-/m1/s1. The smallest absolute Gasteiger partial charge is 0.244 e. The summed E-state index contributed by atoms with van der Waals surface area (Å²) in [6, 6.07) is 1.72. The maximum absolute atomic E-state index is 12.7. The Hall–Kier alpha value is 0.0500. The van der Waals surface area contributed by atoms with Gasteiger partial charge in [-0.25, -0.2) is 8.42 Å². The van der Waals surface area contributed by atoms with Gasteiger partial charge in [0.15, 0.2) is 0 Å². The number of halogens is 1. The minimum atomic E-state index is -3.34. The number of hydrogen-bond acceptors (Lipinski definition) is 4. The monoisotopic (exact) mass is 366 g/mol. The molecule has 0 unspecified atom stereocenters. The SMILES string of the molecule is CNC[C@H]1CCCN(S(=O)(=O)c2cc(Br)sc2C)C1. The van der Waals surface area contributed by atoms with Gasteiger partial charge in [-0.2, -0.15) is 4.31 Å². The first-order valence-electron chi connectivity index (χ1n) is 6.36. The van der Waals surface area contributed by atoms with Gasteiger partial charge in [0.1, 0.15) is 0 Å². The maximum atomic E-state index is 12.7. The zero-order valence-electron chi connectivity index (χ0n) is 11.1. The van der Waals surface area contributed by atoms with E-state index < -0.39 is 10.0 Å². The summed E-state index contributed by atoms with van der Waals surface area (Å²) in [4.78, 5) is 1.30. The number of thiophene rings is 1. The van der Waals surface area contributed by atoms with E-state index in [4.69, 9.17) is 0 Å². The summed E-state index contributed by atoms with van der Waals surface area (Å²) in [5, 5.41) is 3.14. The largest absolute Gasteiger partial charge is 0.319 e. The third kappa shape index (κ3) is 3.39. The summed E-state index contributed by atoms with van der Waals surface area (Å²) in [6.45, 7) is 3.99. The van der Waals surface area contributed by atoms with Crippen molar-refractivity contribution in [1.29, 1.82) is 0 Å². The van der Waals surface area contributed by atoms with E-state index in [-0.39, 0.29) is 0 Å². The lowest BCUT2D eigenvalue weighted by Gasteiger charge is -2.31. The van der Waals surface area contributed by atoms with Gasteiger partial charge in [0.2, 0.25) is 10.0 Å². The lowest BCUT2D eigenvalue weighted by Crippen LogP contribution is -2.42. The molecule has 0 saturated carbocycles. The lowest BCUT2D eigenvalue weighted by atomic mass is 10.00. The Morgan fingerprint density at radius 2 is 2.32 bits per heavy atom. The highest BCUT2D eigenvalue weighted by molar-refractivity contribution is 9.11. The molecule has 1 atom stereocenters. The van der Waals surface area contributed by atoms with Crippen molar-refractivity contribution in [3.8, 4) is 0 Å². The third-order valence-electron chi connectivity index (χ3n) is 3.43. The van der Waals surface area contributed by atoms with Crippen LogP contribution in [0.5, 0.6) is 0 Å². The fourth-order valence-corrected chi connectivity index (χ4v) is 6.46.